The predicted octanol–water partition coefficient (Wildman–Crippen LogP) is 4.60. The third-order valence-electron chi connectivity index (χ3n) is 4.57. The maximum atomic E-state index is 6.18. The highest BCUT2D eigenvalue weighted by Crippen LogP contribution is 2.30. The van der Waals surface area contributed by atoms with Crippen molar-refractivity contribution < 1.29 is 18.9 Å². The van der Waals surface area contributed by atoms with E-state index in [1.165, 1.54) is 0 Å². The highest BCUT2D eigenvalue weighted by atomic mass is 33.1. The third-order valence-corrected chi connectivity index (χ3v) is 10.7. The summed E-state index contributed by atoms with van der Waals surface area (Å²) >= 11 is 0. The summed E-state index contributed by atoms with van der Waals surface area (Å²) in [7, 11) is 3.08. The second-order valence-electron chi connectivity index (χ2n) is 7.07. The van der Waals surface area contributed by atoms with E-state index in [4.69, 9.17) is 18.9 Å². The van der Waals surface area contributed by atoms with Crippen LogP contribution in [0.2, 0.25) is 13.1 Å². The Morgan fingerprint density at radius 2 is 0.857 bits per heavy atom. The van der Waals surface area contributed by atoms with E-state index in [9.17, 15) is 0 Å². The van der Waals surface area contributed by atoms with Crippen LogP contribution in [0.3, 0.4) is 0 Å². The molecule has 0 amide bonds. The van der Waals surface area contributed by atoms with E-state index in [0.29, 0.717) is 0 Å². The van der Waals surface area contributed by atoms with Crippen LogP contribution in [0.1, 0.15) is 66.2 Å². The second-order valence-corrected chi connectivity index (χ2v) is 13.3. The molecule has 0 saturated carbocycles. The summed E-state index contributed by atoms with van der Waals surface area (Å²) in [6.07, 6.45) is 6.19. The van der Waals surface area contributed by atoms with Crippen LogP contribution < -0.4 is 0 Å². The Morgan fingerprint density at radius 1 is 0.571 bits per heavy atom. The van der Waals surface area contributed by atoms with Crippen LogP contribution >= 0.6 is 21.6 Å². The van der Waals surface area contributed by atoms with Crippen molar-refractivity contribution in [2.24, 2.45) is 0 Å². The van der Waals surface area contributed by atoms with E-state index in [1.807, 2.05) is 21.6 Å². The molecule has 0 aromatic rings. The van der Waals surface area contributed by atoms with Crippen LogP contribution in [0.15, 0.2) is 0 Å². The zero-order chi connectivity index (χ0) is 21.1. The summed E-state index contributed by atoms with van der Waals surface area (Å²) in [5, 5.41) is 0. The standard InChI is InChI=1S/C20H46O4S2Si2/c1-7-13-21-19(27-5,22-14-8-2)11-17-25-26-18-12-20(28-6,23-15-9-3)24-16-10-4/h7-18,27-28H2,1-6H3. The Morgan fingerprint density at radius 3 is 1.07 bits per heavy atom. The second kappa shape index (κ2) is 18.7. The van der Waals surface area contributed by atoms with Crippen molar-refractivity contribution >= 4 is 40.6 Å². The molecule has 8 heteroatoms. The molecule has 0 aromatic heterocycles. The van der Waals surface area contributed by atoms with Crippen molar-refractivity contribution in [2.45, 2.75) is 90.1 Å². The lowest BCUT2D eigenvalue weighted by Gasteiger charge is -2.34. The topological polar surface area (TPSA) is 36.9 Å². The van der Waals surface area contributed by atoms with E-state index >= 15 is 0 Å². The van der Waals surface area contributed by atoms with Gasteiger partial charge in [-0.15, -0.1) is 0 Å². The summed E-state index contributed by atoms with van der Waals surface area (Å²) in [5.41, 5.74) is -0.539. The fourth-order valence-corrected chi connectivity index (χ4v) is 8.00. The number of hydrogen-bond acceptors (Lipinski definition) is 6. The SMILES string of the molecule is CCCOC(CCSSCCC(OCCC)(OCCC)[SiH2]C)(OCCC)[SiH2]C. The van der Waals surface area contributed by atoms with Crippen molar-refractivity contribution in [1.29, 1.82) is 0 Å². The molecule has 0 aliphatic heterocycles. The number of hydrogen-bond donors (Lipinski definition) is 0. The maximum absolute atomic E-state index is 6.18. The van der Waals surface area contributed by atoms with Gasteiger partial charge in [-0.2, -0.15) is 0 Å². The van der Waals surface area contributed by atoms with Crippen molar-refractivity contribution in [1.82, 2.24) is 0 Å². The van der Waals surface area contributed by atoms with Gasteiger partial charge in [-0.1, -0.05) is 62.4 Å². The Kier molecular flexibility index (Phi) is 19.4. The van der Waals surface area contributed by atoms with Gasteiger partial charge in [-0.05, 0) is 25.7 Å². The lowest BCUT2D eigenvalue weighted by molar-refractivity contribution is -0.181. The van der Waals surface area contributed by atoms with Gasteiger partial charge in [0.05, 0.1) is 19.0 Å². The molecule has 0 spiro atoms. The predicted molar refractivity (Wildman–Crippen MR) is 133 cm³/mol. The first-order chi connectivity index (χ1) is 13.6. The third kappa shape index (κ3) is 12.6. The van der Waals surface area contributed by atoms with Crippen LogP contribution in [-0.2, 0) is 18.9 Å². The largest absolute Gasteiger partial charge is 0.354 e. The van der Waals surface area contributed by atoms with E-state index in [2.05, 4.69) is 40.8 Å². The lowest BCUT2D eigenvalue weighted by Crippen LogP contribution is -2.42. The fourth-order valence-electron chi connectivity index (χ4n) is 2.80. The molecule has 0 aliphatic rings. The minimum absolute atomic E-state index is 0.270. The number of rotatable bonds is 21. The van der Waals surface area contributed by atoms with Gasteiger partial charge in [0.2, 0.25) is 0 Å². The Balaban J connectivity index is 4.39. The lowest BCUT2D eigenvalue weighted by atomic mass is 10.4. The summed E-state index contributed by atoms with van der Waals surface area (Å²) in [5.74, 6) is 2.14. The van der Waals surface area contributed by atoms with Gasteiger partial charge in [-0.25, -0.2) is 0 Å². The fraction of sp³-hybridized carbons (Fsp3) is 1.00. The van der Waals surface area contributed by atoms with Crippen LogP contribution in [0.4, 0.5) is 0 Å². The normalized spacial score (nSPS) is 13.5. The molecule has 0 bridgehead atoms. The van der Waals surface area contributed by atoms with Gasteiger partial charge in [-0.3, -0.25) is 0 Å². The van der Waals surface area contributed by atoms with Gasteiger partial charge in [0.25, 0.3) is 0 Å². The van der Waals surface area contributed by atoms with Crippen LogP contribution in [-0.4, -0.2) is 67.8 Å². The quantitative estimate of drug-likeness (QED) is 0.106. The van der Waals surface area contributed by atoms with Crippen LogP contribution in [0.25, 0.3) is 0 Å². The monoisotopic (exact) mass is 470 g/mol. The van der Waals surface area contributed by atoms with Gasteiger partial charge in [0.1, 0.15) is 10.8 Å². The molecule has 0 rings (SSSR count). The van der Waals surface area contributed by atoms with Crippen molar-refractivity contribution in [3.05, 3.63) is 0 Å². The molecular formula is C20H46O4S2Si2. The van der Waals surface area contributed by atoms with E-state index in [-0.39, 0.29) is 10.8 Å². The molecule has 28 heavy (non-hydrogen) atoms. The van der Waals surface area contributed by atoms with E-state index in [1.54, 1.807) is 0 Å². The average Bonchev–Trinajstić information content (AvgIpc) is 2.73. The highest BCUT2D eigenvalue weighted by molar-refractivity contribution is 8.76. The summed E-state index contributed by atoms with van der Waals surface area (Å²) in [6.45, 7) is 16.5. The molecule has 170 valence electrons. The maximum Gasteiger partial charge on any atom is 0.145 e. The first-order valence-corrected chi connectivity index (χ1v) is 18.1. The van der Waals surface area contributed by atoms with Crippen molar-refractivity contribution in [3.8, 4) is 0 Å². The molecule has 0 heterocycles. The molecule has 0 radical (unpaired) electrons. The van der Waals surface area contributed by atoms with Crippen LogP contribution in [0, 0.1) is 0 Å². The van der Waals surface area contributed by atoms with Crippen LogP contribution in [0.5, 0.6) is 0 Å². The first kappa shape index (κ1) is 29.0. The van der Waals surface area contributed by atoms with E-state index in [0.717, 1.165) is 76.5 Å². The molecule has 0 atom stereocenters. The molecule has 0 unspecified atom stereocenters. The summed E-state index contributed by atoms with van der Waals surface area (Å²) in [4.78, 5) is 0. The molecule has 0 fully saturated rings. The first-order valence-electron chi connectivity index (χ1n) is 11.4. The smallest absolute Gasteiger partial charge is 0.145 e. The molecule has 0 saturated heterocycles. The molecule has 0 aromatic carbocycles. The Bertz CT molecular complexity index is 304. The van der Waals surface area contributed by atoms with Gasteiger partial charge < -0.3 is 18.9 Å². The van der Waals surface area contributed by atoms with Crippen molar-refractivity contribution in [2.75, 3.05) is 37.9 Å². The van der Waals surface area contributed by atoms with Gasteiger partial charge >= 0.3 is 0 Å². The minimum Gasteiger partial charge on any atom is -0.354 e. The van der Waals surface area contributed by atoms with Gasteiger partial charge in [0.15, 0.2) is 0 Å². The van der Waals surface area contributed by atoms with E-state index < -0.39 is 19.0 Å². The minimum atomic E-state index is -0.406. The zero-order valence-corrected chi connectivity index (χ0v) is 23.8. The Labute approximate surface area is 187 Å². The number of ether oxygens (including phenoxy) is 4. The molecular weight excluding hydrogens is 425 g/mol. The highest BCUT2D eigenvalue weighted by Gasteiger charge is 2.31. The Hall–Kier alpha value is 0.974. The summed E-state index contributed by atoms with van der Waals surface area (Å²) < 4.78 is 24.7. The molecule has 4 nitrogen and oxygen atoms in total. The van der Waals surface area contributed by atoms with Crippen molar-refractivity contribution in [3.63, 3.8) is 0 Å². The molecule has 0 N–H and O–H groups in total. The average molecular weight is 471 g/mol. The molecule has 0 aliphatic carbocycles. The zero-order valence-electron chi connectivity index (χ0n) is 19.3. The van der Waals surface area contributed by atoms with Gasteiger partial charge in [0, 0.05) is 50.8 Å². The summed E-state index contributed by atoms with van der Waals surface area (Å²) in [6, 6.07) is 0.